The molecule has 0 aliphatic heterocycles. The average Bonchev–Trinajstić information content (AvgIpc) is 2.74. The molecular weight excluding hydrogens is 356 g/mol. The van der Waals surface area contributed by atoms with E-state index >= 15 is 0 Å². The number of carbonyl (C=O) groups is 2. The van der Waals surface area contributed by atoms with Gasteiger partial charge >= 0.3 is 5.97 Å². The highest BCUT2D eigenvalue weighted by molar-refractivity contribution is 6.03. The van der Waals surface area contributed by atoms with Crippen LogP contribution in [0.25, 0.3) is 0 Å². The van der Waals surface area contributed by atoms with Gasteiger partial charge in [0.25, 0.3) is 5.91 Å². The van der Waals surface area contributed by atoms with E-state index in [0.29, 0.717) is 23.7 Å². The first-order valence-corrected chi connectivity index (χ1v) is 8.78. The Bertz CT molecular complexity index is 959. The lowest BCUT2D eigenvalue weighted by atomic mass is 10.2. The molecule has 1 heterocycles. The second-order valence-corrected chi connectivity index (χ2v) is 5.91. The first kappa shape index (κ1) is 19.0. The SMILES string of the molecule is CCOC(=O)c1ccc(NC(=O)c2cc(N(C)c3ccccc3)ncn2)cc1. The molecular formula is C21H20N4O3. The standard InChI is InChI=1S/C21H20N4O3/c1-3-28-21(27)15-9-11-16(12-10-15)24-20(26)18-13-19(23-14-22-18)25(2)17-7-5-4-6-8-17/h4-14H,3H2,1-2H3,(H,24,26). The van der Waals surface area contributed by atoms with Crippen LogP contribution in [0.3, 0.4) is 0 Å². The highest BCUT2D eigenvalue weighted by Gasteiger charge is 2.13. The molecule has 7 nitrogen and oxygen atoms in total. The second kappa shape index (κ2) is 8.77. The van der Waals surface area contributed by atoms with Crippen LogP contribution in [0.2, 0.25) is 0 Å². The molecule has 0 radical (unpaired) electrons. The fraction of sp³-hybridized carbons (Fsp3) is 0.143. The molecule has 0 saturated carbocycles. The van der Waals surface area contributed by atoms with E-state index in [1.807, 2.05) is 42.3 Å². The number of aromatic nitrogens is 2. The fourth-order valence-corrected chi connectivity index (χ4v) is 2.54. The van der Waals surface area contributed by atoms with Gasteiger partial charge in [0.15, 0.2) is 0 Å². The van der Waals surface area contributed by atoms with Gasteiger partial charge in [0.1, 0.15) is 17.8 Å². The molecule has 1 N–H and O–H groups in total. The van der Waals surface area contributed by atoms with Crippen molar-refractivity contribution in [2.75, 3.05) is 23.9 Å². The van der Waals surface area contributed by atoms with E-state index in [-0.39, 0.29) is 11.6 Å². The maximum Gasteiger partial charge on any atom is 0.338 e. The Morgan fingerprint density at radius 1 is 1.04 bits per heavy atom. The van der Waals surface area contributed by atoms with Gasteiger partial charge in [-0.1, -0.05) is 18.2 Å². The second-order valence-electron chi connectivity index (χ2n) is 5.91. The maximum absolute atomic E-state index is 12.5. The first-order valence-electron chi connectivity index (χ1n) is 8.78. The van der Waals surface area contributed by atoms with Gasteiger partial charge in [-0.3, -0.25) is 4.79 Å². The summed E-state index contributed by atoms with van der Waals surface area (Å²) < 4.78 is 4.94. The molecule has 142 valence electrons. The number of esters is 1. The third kappa shape index (κ3) is 4.50. The summed E-state index contributed by atoms with van der Waals surface area (Å²) in [7, 11) is 1.87. The number of nitrogens with one attached hydrogen (secondary N) is 1. The molecule has 28 heavy (non-hydrogen) atoms. The Morgan fingerprint density at radius 2 is 1.75 bits per heavy atom. The Kier molecular flexibility index (Phi) is 5.96. The molecule has 1 amide bonds. The van der Waals surface area contributed by atoms with E-state index < -0.39 is 5.97 Å². The quantitative estimate of drug-likeness (QED) is 0.661. The van der Waals surface area contributed by atoms with Crippen molar-refractivity contribution in [1.82, 2.24) is 9.97 Å². The van der Waals surface area contributed by atoms with Gasteiger partial charge in [-0.05, 0) is 43.3 Å². The summed E-state index contributed by atoms with van der Waals surface area (Å²) in [5, 5.41) is 2.76. The molecule has 0 spiro atoms. The highest BCUT2D eigenvalue weighted by Crippen LogP contribution is 2.21. The van der Waals surface area contributed by atoms with E-state index in [2.05, 4.69) is 15.3 Å². The number of amides is 1. The van der Waals surface area contributed by atoms with E-state index in [9.17, 15) is 9.59 Å². The predicted octanol–water partition coefficient (Wildman–Crippen LogP) is 3.67. The Hall–Kier alpha value is -3.74. The van der Waals surface area contributed by atoms with Gasteiger partial charge in [-0.2, -0.15) is 0 Å². The fourth-order valence-electron chi connectivity index (χ4n) is 2.54. The molecule has 0 aliphatic rings. The summed E-state index contributed by atoms with van der Waals surface area (Å²) in [6.07, 6.45) is 1.35. The molecule has 0 saturated heterocycles. The van der Waals surface area contributed by atoms with Crippen LogP contribution in [0.4, 0.5) is 17.2 Å². The molecule has 0 aliphatic carbocycles. The van der Waals surface area contributed by atoms with Crippen LogP contribution in [-0.4, -0.2) is 35.5 Å². The third-order valence-corrected chi connectivity index (χ3v) is 4.03. The summed E-state index contributed by atoms with van der Waals surface area (Å²) in [5.41, 5.74) is 2.16. The Labute approximate surface area is 163 Å². The van der Waals surface area contributed by atoms with Crippen LogP contribution >= 0.6 is 0 Å². The van der Waals surface area contributed by atoms with Crippen molar-refractivity contribution in [2.24, 2.45) is 0 Å². The maximum atomic E-state index is 12.5. The number of rotatable bonds is 6. The molecule has 3 rings (SSSR count). The number of hydrogen-bond acceptors (Lipinski definition) is 6. The molecule has 7 heteroatoms. The Morgan fingerprint density at radius 3 is 2.43 bits per heavy atom. The zero-order valence-electron chi connectivity index (χ0n) is 15.6. The first-order chi connectivity index (χ1) is 13.6. The lowest BCUT2D eigenvalue weighted by molar-refractivity contribution is 0.0526. The van der Waals surface area contributed by atoms with Crippen molar-refractivity contribution in [2.45, 2.75) is 6.92 Å². The zero-order chi connectivity index (χ0) is 19.9. The Balaban J connectivity index is 1.72. The number of nitrogens with zero attached hydrogens (tertiary/aromatic N) is 3. The van der Waals surface area contributed by atoms with Crippen molar-refractivity contribution in [3.05, 3.63) is 78.2 Å². The van der Waals surface area contributed by atoms with Crippen molar-refractivity contribution >= 4 is 29.1 Å². The molecule has 0 fully saturated rings. The van der Waals surface area contributed by atoms with Gasteiger partial charge in [-0.15, -0.1) is 0 Å². The third-order valence-electron chi connectivity index (χ3n) is 4.03. The molecule has 0 atom stereocenters. The van der Waals surface area contributed by atoms with Gasteiger partial charge in [0.2, 0.25) is 0 Å². The van der Waals surface area contributed by atoms with Crippen molar-refractivity contribution in [3.63, 3.8) is 0 Å². The molecule has 0 bridgehead atoms. The number of anilines is 3. The lowest BCUT2D eigenvalue weighted by Crippen LogP contribution is -2.17. The van der Waals surface area contributed by atoms with Crippen LogP contribution in [0.15, 0.2) is 67.0 Å². The summed E-state index contributed by atoms with van der Waals surface area (Å²) in [6, 6.07) is 17.8. The lowest BCUT2D eigenvalue weighted by Gasteiger charge is -2.18. The van der Waals surface area contributed by atoms with E-state index in [1.165, 1.54) is 6.33 Å². The number of benzene rings is 2. The van der Waals surface area contributed by atoms with E-state index in [1.54, 1.807) is 37.3 Å². The monoisotopic (exact) mass is 376 g/mol. The van der Waals surface area contributed by atoms with E-state index in [4.69, 9.17) is 4.74 Å². The number of para-hydroxylation sites is 1. The number of ether oxygens (including phenoxy) is 1. The van der Waals surface area contributed by atoms with Gasteiger partial charge < -0.3 is 15.0 Å². The van der Waals surface area contributed by atoms with Crippen LogP contribution in [-0.2, 0) is 4.74 Å². The predicted molar refractivity (Wildman–Crippen MR) is 107 cm³/mol. The normalized spacial score (nSPS) is 10.2. The molecule has 1 aromatic heterocycles. The van der Waals surface area contributed by atoms with Crippen molar-refractivity contribution in [1.29, 1.82) is 0 Å². The zero-order valence-corrected chi connectivity index (χ0v) is 15.6. The smallest absolute Gasteiger partial charge is 0.338 e. The van der Waals surface area contributed by atoms with Gasteiger partial charge in [0, 0.05) is 24.5 Å². The average molecular weight is 376 g/mol. The summed E-state index contributed by atoms with van der Waals surface area (Å²) in [4.78, 5) is 34.4. The van der Waals surface area contributed by atoms with Crippen LogP contribution in [0, 0.1) is 0 Å². The van der Waals surface area contributed by atoms with Crippen molar-refractivity contribution < 1.29 is 14.3 Å². The largest absolute Gasteiger partial charge is 0.462 e. The summed E-state index contributed by atoms with van der Waals surface area (Å²) in [5.74, 6) is -0.164. The number of hydrogen-bond donors (Lipinski definition) is 1. The summed E-state index contributed by atoms with van der Waals surface area (Å²) in [6.45, 7) is 2.06. The number of carbonyl (C=O) groups excluding carboxylic acids is 2. The summed E-state index contributed by atoms with van der Waals surface area (Å²) >= 11 is 0. The molecule has 2 aromatic carbocycles. The highest BCUT2D eigenvalue weighted by atomic mass is 16.5. The van der Waals surface area contributed by atoms with Crippen LogP contribution < -0.4 is 10.2 Å². The van der Waals surface area contributed by atoms with Gasteiger partial charge in [-0.25, -0.2) is 14.8 Å². The minimum absolute atomic E-state index is 0.238. The minimum atomic E-state index is -0.398. The van der Waals surface area contributed by atoms with Gasteiger partial charge in [0.05, 0.1) is 12.2 Å². The minimum Gasteiger partial charge on any atom is -0.462 e. The van der Waals surface area contributed by atoms with Crippen molar-refractivity contribution in [3.8, 4) is 0 Å². The molecule has 0 unspecified atom stereocenters. The molecule has 3 aromatic rings. The van der Waals surface area contributed by atoms with Crippen LogP contribution in [0.1, 0.15) is 27.8 Å². The van der Waals surface area contributed by atoms with E-state index in [0.717, 1.165) is 5.69 Å². The topological polar surface area (TPSA) is 84.4 Å². The van der Waals surface area contributed by atoms with Crippen LogP contribution in [0.5, 0.6) is 0 Å².